The summed E-state index contributed by atoms with van der Waals surface area (Å²) in [4.78, 5) is 19.0. The molecule has 0 spiro atoms. The number of halogens is 1. The number of likely N-dealkylation sites (tertiary alicyclic amines) is 1. The molecule has 3 aliphatic heterocycles. The highest BCUT2D eigenvalue weighted by Crippen LogP contribution is 2.63. The predicted molar refractivity (Wildman–Crippen MR) is 124 cm³/mol. The highest BCUT2D eigenvalue weighted by atomic mass is 35.5. The van der Waals surface area contributed by atoms with E-state index in [1.165, 1.54) is 0 Å². The summed E-state index contributed by atoms with van der Waals surface area (Å²) in [5, 5.41) is 13.3. The Morgan fingerprint density at radius 3 is 2.61 bits per heavy atom. The monoisotopic (exact) mass is 471 g/mol. The maximum atomic E-state index is 12.0. The van der Waals surface area contributed by atoms with Crippen molar-refractivity contribution in [1.29, 1.82) is 0 Å². The average Bonchev–Trinajstić information content (AvgIpc) is 3.05. The summed E-state index contributed by atoms with van der Waals surface area (Å²) in [7, 11) is 0. The minimum Gasteiger partial charge on any atom is -0.389 e. The Morgan fingerprint density at radius 1 is 1.18 bits per heavy atom. The van der Waals surface area contributed by atoms with Crippen LogP contribution in [0.2, 0.25) is 5.02 Å². The molecule has 8 heteroatoms. The van der Waals surface area contributed by atoms with Crippen LogP contribution in [0.15, 0.2) is 24.4 Å². The molecule has 5 atom stereocenters. The van der Waals surface area contributed by atoms with Crippen molar-refractivity contribution in [3.63, 3.8) is 0 Å². The maximum Gasteiger partial charge on any atom is 0.222 e. The molecule has 7 nitrogen and oxygen atoms in total. The number of aliphatic hydroxyl groups excluding tert-OH is 1. The fourth-order valence-corrected chi connectivity index (χ4v) is 6.92. The van der Waals surface area contributed by atoms with Crippen molar-refractivity contribution in [3.05, 3.63) is 40.7 Å². The number of amides is 1. The normalized spacial score (nSPS) is 36.9. The number of benzene rings is 1. The van der Waals surface area contributed by atoms with Crippen LogP contribution >= 0.6 is 11.6 Å². The number of carbonyl (C=O) groups excluding carboxylic acids is 1. The third kappa shape index (κ3) is 3.17. The van der Waals surface area contributed by atoms with E-state index in [2.05, 4.69) is 24.0 Å². The van der Waals surface area contributed by atoms with Gasteiger partial charge in [-0.15, -0.1) is 0 Å². The summed E-state index contributed by atoms with van der Waals surface area (Å²) >= 11 is 6.74. The number of nitrogens with two attached hydrogens (primary N) is 1. The van der Waals surface area contributed by atoms with E-state index in [4.69, 9.17) is 31.8 Å². The Labute approximate surface area is 198 Å². The number of ether oxygens (including phenoxy) is 2. The smallest absolute Gasteiger partial charge is 0.222 e. The van der Waals surface area contributed by atoms with E-state index in [-0.39, 0.29) is 28.7 Å². The van der Waals surface area contributed by atoms with Gasteiger partial charge in [-0.1, -0.05) is 11.6 Å². The highest BCUT2D eigenvalue weighted by molar-refractivity contribution is 6.32. The maximum absolute atomic E-state index is 12.0. The largest absolute Gasteiger partial charge is 0.389 e. The first-order chi connectivity index (χ1) is 15.8. The molecule has 6 rings (SSSR count). The van der Waals surface area contributed by atoms with Gasteiger partial charge in [0, 0.05) is 22.5 Å². The SMILES string of the molecule is CC1(N2CCC(c3cc4cc(C56COCC5C6C(N)=O)ncc4cc3Cl)CC2)COCC1O. The van der Waals surface area contributed by atoms with Crippen molar-refractivity contribution in [2.45, 2.75) is 42.7 Å². The molecule has 2 aromatic rings. The summed E-state index contributed by atoms with van der Waals surface area (Å²) in [5.41, 5.74) is 7.05. The van der Waals surface area contributed by atoms with Gasteiger partial charge in [0.1, 0.15) is 0 Å². The van der Waals surface area contributed by atoms with Gasteiger partial charge in [-0.3, -0.25) is 14.7 Å². The molecule has 3 N–H and O–H groups in total. The summed E-state index contributed by atoms with van der Waals surface area (Å²) in [6, 6.07) is 6.30. The number of primary amides is 1. The molecule has 4 heterocycles. The fourth-order valence-electron chi connectivity index (χ4n) is 6.60. The molecular formula is C25H30ClN3O4. The Kier molecular flexibility index (Phi) is 5.02. The second kappa shape index (κ2) is 7.62. The number of hydrogen-bond donors (Lipinski definition) is 2. The van der Waals surface area contributed by atoms with E-state index in [0.717, 1.165) is 53.0 Å². The van der Waals surface area contributed by atoms with Gasteiger partial charge >= 0.3 is 0 Å². The molecule has 4 aliphatic rings. The Balaban J connectivity index is 1.27. The first kappa shape index (κ1) is 21.7. The van der Waals surface area contributed by atoms with Gasteiger partial charge in [0.2, 0.25) is 5.91 Å². The van der Waals surface area contributed by atoms with E-state index in [1.54, 1.807) is 0 Å². The summed E-state index contributed by atoms with van der Waals surface area (Å²) in [6.07, 6.45) is 3.37. The average molecular weight is 472 g/mol. The minimum atomic E-state index is -0.446. The van der Waals surface area contributed by atoms with Gasteiger partial charge < -0.3 is 20.3 Å². The third-order valence-corrected chi connectivity index (χ3v) is 9.14. The van der Waals surface area contributed by atoms with E-state index in [1.807, 2.05) is 12.3 Å². The molecule has 1 aliphatic carbocycles. The zero-order valence-corrected chi connectivity index (χ0v) is 19.6. The fraction of sp³-hybridized carbons (Fsp3) is 0.600. The van der Waals surface area contributed by atoms with Crippen LogP contribution in [0.1, 0.15) is 36.9 Å². The Morgan fingerprint density at radius 2 is 1.94 bits per heavy atom. The van der Waals surface area contributed by atoms with Crippen LogP contribution in [-0.4, -0.2) is 72.1 Å². The van der Waals surface area contributed by atoms with Crippen molar-refractivity contribution >= 4 is 28.3 Å². The predicted octanol–water partition coefficient (Wildman–Crippen LogP) is 2.22. The van der Waals surface area contributed by atoms with Crippen LogP contribution in [-0.2, 0) is 19.7 Å². The molecular weight excluding hydrogens is 442 g/mol. The van der Waals surface area contributed by atoms with E-state index in [9.17, 15) is 9.90 Å². The molecule has 0 bridgehead atoms. The number of aromatic nitrogens is 1. The van der Waals surface area contributed by atoms with Crippen molar-refractivity contribution in [1.82, 2.24) is 9.88 Å². The molecule has 33 heavy (non-hydrogen) atoms. The second-order valence-electron chi connectivity index (χ2n) is 10.5. The lowest BCUT2D eigenvalue weighted by Crippen LogP contribution is -2.56. The molecule has 5 unspecified atom stereocenters. The number of pyridine rings is 1. The first-order valence-electron chi connectivity index (χ1n) is 11.8. The number of aliphatic hydroxyl groups is 1. The molecule has 176 valence electrons. The van der Waals surface area contributed by atoms with E-state index < -0.39 is 6.10 Å². The molecule has 0 radical (unpaired) electrons. The number of rotatable bonds is 4. The van der Waals surface area contributed by atoms with Crippen LogP contribution in [0.5, 0.6) is 0 Å². The van der Waals surface area contributed by atoms with Crippen LogP contribution in [0.25, 0.3) is 10.8 Å². The van der Waals surface area contributed by atoms with Crippen LogP contribution in [0.3, 0.4) is 0 Å². The first-order valence-corrected chi connectivity index (χ1v) is 12.2. The summed E-state index contributed by atoms with van der Waals surface area (Å²) in [6.45, 7) is 5.95. The van der Waals surface area contributed by atoms with Crippen LogP contribution < -0.4 is 5.73 Å². The second-order valence-corrected chi connectivity index (χ2v) is 10.9. The molecule has 1 aromatic heterocycles. The van der Waals surface area contributed by atoms with Gasteiger partial charge in [0.05, 0.1) is 55.1 Å². The van der Waals surface area contributed by atoms with Gasteiger partial charge in [0.15, 0.2) is 0 Å². The van der Waals surface area contributed by atoms with Crippen LogP contribution in [0.4, 0.5) is 0 Å². The van der Waals surface area contributed by atoms with Gasteiger partial charge in [0.25, 0.3) is 0 Å². The van der Waals surface area contributed by atoms with Crippen molar-refractivity contribution in [3.8, 4) is 0 Å². The Bertz CT molecular complexity index is 1120. The van der Waals surface area contributed by atoms with E-state index in [0.29, 0.717) is 32.3 Å². The number of piperidine rings is 1. The van der Waals surface area contributed by atoms with Gasteiger partial charge in [-0.25, -0.2) is 0 Å². The molecule has 1 amide bonds. The van der Waals surface area contributed by atoms with Crippen molar-refractivity contribution < 1.29 is 19.4 Å². The molecule has 1 saturated carbocycles. The van der Waals surface area contributed by atoms with E-state index >= 15 is 0 Å². The summed E-state index contributed by atoms with van der Waals surface area (Å²) < 4.78 is 11.2. The minimum absolute atomic E-state index is 0.132. The van der Waals surface area contributed by atoms with Crippen molar-refractivity contribution in [2.24, 2.45) is 17.6 Å². The quantitative estimate of drug-likeness (QED) is 0.709. The zero-order valence-electron chi connectivity index (χ0n) is 18.8. The zero-order chi connectivity index (χ0) is 23.0. The molecule has 1 aromatic carbocycles. The highest BCUT2D eigenvalue weighted by Gasteiger charge is 2.72. The standard InChI is InChI=1S/C25H30ClN3O4/c1-24(12-33-11-21(24)30)29-4-2-14(3-5-29)17-6-15-8-20(28-9-16(15)7-19(17)26)25-13-32-10-18(25)22(25)23(27)31/h6-9,14,18,21-22,30H,2-5,10-13H2,1H3,(H2,27,31). The lowest BCUT2D eigenvalue weighted by atomic mass is 9.85. The molecule has 3 saturated heterocycles. The lowest BCUT2D eigenvalue weighted by Gasteiger charge is -2.43. The number of carbonyl (C=O) groups is 1. The number of hydrogen-bond acceptors (Lipinski definition) is 6. The summed E-state index contributed by atoms with van der Waals surface area (Å²) in [5.74, 6) is 0.0361. The number of fused-ring (bicyclic) bond motifs is 2. The van der Waals surface area contributed by atoms with Gasteiger partial charge in [-0.2, -0.15) is 0 Å². The third-order valence-electron chi connectivity index (χ3n) is 8.81. The Hall–Kier alpha value is -1.77. The molecule has 4 fully saturated rings. The lowest BCUT2D eigenvalue weighted by molar-refractivity contribution is -0.120. The number of nitrogens with zero attached hydrogens (tertiary/aromatic N) is 2. The van der Waals surface area contributed by atoms with Crippen molar-refractivity contribution in [2.75, 3.05) is 39.5 Å². The van der Waals surface area contributed by atoms with Gasteiger partial charge in [-0.05, 0) is 67.9 Å². The van der Waals surface area contributed by atoms with Crippen LogP contribution in [0, 0.1) is 11.8 Å². The topological polar surface area (TPSA) is 97.9 Å².